The highest BCUT2D eigenvalue weighted by molar-refractivity contribution is 7.89. The molecule has 0 fully saturated rings. The van der Waals surface area contributed by atoms with Crippen molar-refractivity contribution in [2.45, 2.75) is 50.5 Å². The van der Waals surface area contributed by atoms with Crippen LogP contribution in [0.15, 0.2) is 59.5 Å². The van der Waals surface area contributed by atoms with Crippen LogP contribution in [0.25, 0.3) is 0 Å². The summed E-state index contributed by atoms with van der Waals surface area (Å²) in [6.45, 7) is 4.50. The van der Waals surface area contributed by atoms with Crippen LogP contribution in [-0.4, -0.2) is 40.1 Å². The summed E-state index contributed by atoms with van der Waals surface area (Å²) in [7, 11) is -1.38. The van der Waals surface area contributed by atoms with Gasteiger partial charge in [0.25, 0.3) is 0 Å². The summed E-state index contributed by atoms with van der Waals surface area (Å²) in [5.74, 6) is 3.57. The molecule has 0 unspecified atom stereocenters. The van der Waals surface area contributed by atoms with E-state index in [0.29, 0.717) is 29.6 Å². The molecule has 5 nitrogen and oxygen atoms in total. The third-order valence-electron chi connectivity index (χ3n) is 6.22. The topological polar surface area (TPSA) is 58.6 Å². The van der Waals surface area contributed by atoms with Crippen molar-refractivity contribution in [3.05, 3.63) is 70.8 Å². The molecule has 0 saturated carbocycles. The third kappa shape index (κ3) is 8.40. The Hall–Kier alpha value is -2.30. The van der Waals surface area contributed by atoms with E-state index in [4.69, 9.17) is 22.8 Å². The zero-order valence-corrected chi connectivity index (χ0v) is 22.2. The molecule has 2 aromatic rings. The summed E-state index contributed by atoms with van der Waals surface area (Å²) in [4.78, 5) is 2.51. The number of likely N-dealkylation sites (N-methyl/N-ethyl adjacent to an activating group) is 1. The average molecular weight is 515 g/mol. The van der Waals surface area contributed by atoms with E-state index < -0.39 is 10.0 Å². The molecule has 1 aliphatic rings. The Bertz CT molecular complexity index is 1150. The molecule has 1 aliphatic carbocycles. The summed E-state index contributed by atoms with van der Waals surface area (Å²) >= 11 is 6.27. The number of terminal acetylenes is 1. The fourth-order valence-corrected chi connectivity index (χ4v) is 5.22. The first-order chi connectivity index (χ1) is 16.8. The van der Waals surface area contributed by atoms with E-state index in [1.807, 2.05) is 37.3 Å². The second kappa shape index (κ2) is 12.6. The maximum absolute atomic E-state index is 12.3. The fraction of sp³-hybridized carbons (Fsp3) is 0.429. The smallest absolute Gasteiger partial charge is 0.240 e. The van der Waals surface area contributed by atoms with Crippen molar-refractivity contribution in [3.8, 4) is 18.1 Å². The van der Waals surface area contributed by atoms with E-state index >= 15 is 0 Å². The Balaban J connectivity index is 1.52. The molecule has 0 aromatic heterocycles. The van der Waals surface area contributed by atoms with Crippen molar-refractivity contribution >= 4 is 21.6 Å². The minimum absolute atomic E-state index is 0.136. The predicted molar refractivity (Wildman–Crippen MR) is 143 cm³/mol. The van der Waals surface area contributed by atoms with Gasteiger partial charge in [-0.15, -0.1) is 12.3 Å². The van der Waals surface area contributed by atoms with Gasteiger partial charge in [0, 0.05) is 42.1 Å². The lowest BCUT2D eigenvalue weighted by atomic mass is 9.94. The van der Waals surface area contributed by atoms with Crippen LogP contribution in [0.1, 0.15) is 43.7 Å². The van der Waals surface area contributed by atoms with Gasteiger partial charge in [0.05, 0.1) is 11.5 Å². The number of rotatable bonds is 15. The minimum atomic E-state index is -3.44. The van der Waals surface area contributed by atoms with Gasteiger partial charge in [0.1, 0.15) is 5.75 Å². The molecule has 188 valence electrons. The zero-order chi connectivity index (χ0) is 25.3. The van der Waals surface area contributed by atoms with E-state index in [1.165, 1.54) is 0 Å². The molecule has 0 bridgehead atoms. The third-order valence-corrected chi connectivity index (χ3v) is 7.93. The number of nitrogens with zero attached hydrogens (tertiary/aromatic N) is 1. The summed E-state index contributed by atoms with van der Waals surface area (Å²) in [5.41, 5.74) is 2.27. The highest BCUT2D eigenvalue weighted by Crippen LogP contribution is 2.43. The summed E-state index contributed by atoms with van der Waals surface area (Å²) in [5, 5.41) is 0.684. The Morgan fingerprint density at radius 1 is 1.14 bits per heavy atom. The molecule has 3 rings (SSSR count). The standard InChI is InChI=1S/C28H35ClN2O3S/c1-4-6-14-28(15-16-28)17-20-34-27-12-9-25(29)21-24(27)22-31(3)19-13-23-7-10-26(11-8-23)35(32,33)30-18-5-2/h1,7-12,15-16,21,30H,5-6,13-14,17-20,22H2,2-3H3. The molecule has 0 saturated heterocycles. The minimum Gasteiger partial charge on any atom is -0.493 e. The van der Waals surface area contributed by atoms with E-state index in [0.717, 1.165) is 55.5 Å². The van der Waals surface area contributed by atoms with Crippen molar-refractivity contribution < 1.29 is 13.2 Å². The highest BCUT2D eigenvalue weighted by Gasteiger charge is 2.32. The van der Waals surface area contributed by atoms with Crippen molar-refractivity contribution in [3.63, 3.8) is 0 Å². The number of benzene rings is 2. The van der Waals surface area contributed by atoms with Crippen molar-refractivity contribution in [2.75, 3.05) is 26.7 Å². The fourth-order valence-electron chi connectivity index (χ4n) is 3.89. The van der Waals surface area contributed by atoms with Crippen LogP contribution in [0.5, 0.6) is 5.75 Å². The second-order valence-electron chi connectivity index (χ2n) is 9.15. The highest BCUT2D eigenvalue weighted by atomic mass is 35.5. The molecule has 0 spiro atoms. The molecule has 0 atom stereocenters. The van der Waals surface area contributed by atoms with Crippen molar-refractivity contribution in [2.24, 2.45) is 5.41 Å². The van der Waals surface area contributed by atoms with Crippen LogP contribution < -0.4 is 9.46 Å². The molecule has 0 aliphatic heterocycles. The van der Waals surface area contributed by atoms with Crippen LogP contribution in [-0.2, 0) is 23.0 Å². The number of allylic oxidation sites excluding steroid dienone is 2. The van der Waals surface area contributed by atoms with Crippen molar-refractivity contribution in [1.29, 1.82) is 0 Å². The number of hydrogen-bond donors (Lipinski definition) is 1. The normalized spacial score (nSPS) is 14.1. The van der Waals surface area contributed by atoms with Crippen LogP contribution in [0.4, 0.5) is 0 Å². The molecule has 1 N–H and O–H groups in total. The Kier molecular flexibility index (Phi) is 9.82. The SMILES string of the molecule is C#CCCC1(CCOc2ccc(Cl)cc2CN(C)CCc2ccc(S(=O)(=O)NCCC)cc2)C=C1. The number of nitrogens with one attached hydrogen (secondary N) is 1. The van der Waals surface area contributed by atoms with Crippen LogP contribution in [0.3, 0.4) is 0 Å². The largest absolute Gasteiger partial charge is 0.493 e. The monoisotopic (exact) mass is 514 g/mol. The maximum Gasteiger partial charge on any atom is 0.240 e. The Morgan fingerprint density at radius 3 is 2.54 bits per heavy atom. The number of ether oxygens (including phenoxy) is 1. The molecular weight excluding hydrogens is 480 g/mol. The van der Waals surface area contributed by atoms with E-state index in [2.05, 4.69) is 34.7 Å². The van der Waals surface area contributed by atoms with Gasteiger partial charge in [-0.2, -0.15) is 0 Å². The maximum atomic E-state index is 12.3. The molecule has 0 amide bonds. The number of sulfonamides is 1. The van der Waals surface area contributed by atoms with Gasteiger partial charge in [-0.3, -0.25) is 0 Å². The molecule has 0 radical (unpaired) electrons. The Labute approximate surface area is 215 Å². The average Bonchev–Trinajstić information content (AvgIpc) is 3.61. The first-order valence-corrected chi connectivity index (χ1v) is 14.0. The molecule has 7 heteroatoms. The molecular formula is C28H35ClN2O3S. The molecule has 0 heterocycles. The van der Waals surface area contributed by atoms with Gasteiger partial charge in [-0.1, -0.05) is 42.8 Å². The quantitative estimate of drug-likeness (QED) is 0.254. The van der Waals surface area contributed by atoms with Gasteiger partial charge < -0.3 is 9.64 Å². The summed E-state index contributed by atoms with van der Waals surface area (Å²) in [6, 6.07) is 12.8. The van der Waals surface area contributed by atoms with Gasteiger partial charge in [-0.05, 0) is 68.6 Å². The van der Waals surface area contributed by atoms with Gasteiger partial charge >= 0.3 is 0 Å². The van der Waals surface area contributed by atoms with E-state index in [1.54, 1.807) is 12.1 Å². The first kappa shape index (κ1) is 27.3. The van der Waals surface area contributed by atoms with Gasteiger partial charge in [0.15, 0.2) is 0 Å². The van der Waals surface area contributed by atoms with Crippen LogP contribution in [0.2, 0.25) is 5.02 Å². The lowest BCUT2D eigenvalue weighted by Crippen LogP contribution is -2.24. The summed E-state index contributed by atoms with van der Waals surface area (Å²) in [6.07, 6.45) is 14.1. The summed E-state index contributed by atoms with van der Waals surface area (Å²) < 4.78 is 33.3. The zero-order valence-electron chi connectivity index (χ0n) is 20.6. The number of hydrogen-bond acceptors (Lipinski definition) is 4. The van der Waals surface area contributed by atoms with E-state index in [9.17, 15) is 8.42 Å². The lowest BCUT2D eigenvalue weighted by molar-refractivity contribution is 0.265. The Morgan fingerprint density at radius 2 is 1.89 bits per heavy atom. The lowest BCUT2D eigenvalue weighted by Gasteiger charge is -2.20. The first-order valence-electron chi connectivity index (χ1n) is 12.1. The second-order valence-corrected chi connectivity index (χ2v) is 11.4. The van der Waals surface area contributed by atoms with Gasteiger partial charge in [-0.25, -0.2) is 13.1 Å². The van der Waals surface area contributed by atoms with Crippen molar-refractivity contribution in [1.82, 2.24) is 9.62 Å². The molecule has 2 aromatic carbocycles. The van der Waals surface area contributed by atoms with Crippen LogP contribution >= 0.6 is 11.6 Å². The van der Waals surface area contributed by atoms with E-state index in [-0.39, 0.29) is 5.41 Å². The predicted octanol–water partition coefficient (Wildman–Crippen LogP) is 5.44. The molecule has 35 heavy (non-hydrogen) atoms. The number of halogens is 1. The van der Waals surface area contributed by atoms with Gasteiger partial charge in [0.2, 0.25) is 10.0 Å². The van der Waals surface area contributed by atoms with Crippen LogP contribution in [0, 0.1) is 17.8 Å².